The van der Waals surface area contributed by atoms with Crippen molar-refractivity contribution in [3.8, 4) is 16.9 Å². The summed E-state index contributed by atoms with van der Waals surface area (Å²) in [6.07, 6.45) is -1.21. The molecule has 1 unspecified atom stereocenters. The van der Waals surface area contributed by atoms with Crippen molar-refractivity contribution in [3.05, 3.63) is 105 Å². The predicted molar refractivity (Wildman–Crippen MR) is 161 cm³/mol. The molecule has 5 nitrogen and oxygen atoms in total. The third-order valence-electron chi connectivity index (χ3n) is 6.03. The van der Waals surface area contributed by atoms with Crippen LogP contribution in [0.1, 0.15) is 40.9 Å². The first kappa shape index (κ1) is 27.4. The van der Waals surface area contributed by atoms with Gasteiger partial charge in [0.25, 0.3) is 5.91 Å². The van der Waals surface area contributed by atoms with Gasteiger partial charge in [-0.3, -0.25) is 4.79 Å². The lowest BCUT2D eigenvalue weighted by molar-refractivity contribution is -0.109. The fourth-order valence-electron chi connectivity index (χ4n) is 4.13. The molecule has 5 aromatic rings. The average Bonchev–Trinajstić information content (AvgIpc) is 3.53. The number of amides is 1. The fourth-order valence-corrected chi connectivity index (χ4v) is 6.29. The summed E-state index contributed by atoms with van der Waals surface area (Å²) in [4.78, 5) is 14.2. The zero-order valence-corrected chi connectivity index (χ0v) is 23.9. The zero-order chi connectivity index (χ0) is 27.4. The number of ether oxygens (including phenoxy) is 2. The van der Waals surface area contributed by atoms with Gasteiger partial charge >= 0.3 is 0 Å². The van der Waals surface area contributed by atoms with Gasteiger partial charge in [-0.15, -0.1) is 22.7 Å². The molecule has 0 bridgehead atoms. The van der Waals surface area contributed by atoms with Crippen LogP contribution >= 0.6 is 34.3 Å². The van der Waals surface area contributed by atoms with Gasteiger partial charge in [0, 0.05) is 26.1 Å². The van der Waals surface area contributed by atoms with Crippen LogP contribution in [0, 0.1) is 5.92 Å². The van der Waals surface area contributed by atoms with Crippen LogP contribution in [-0.2, 0) is 11.3 Å². The Balaban J connectivity index is 1.48. The summed E-state index contributed by atoms with van der Waals surface area (Å²) in [6.45, 7) is 4.75. The van der Waals surface area contributed by atoms with Crippen LogP contribution < -0.4 is 10.1 Å². The van der Waals surface area contributed by atoms with Gasteiger partial charge in [-0.1, -0.05) is 80.0 Å². The first-order valence-corrected chi connectivity index (χ1v) is 14.6. The summed E-state index contributed by atoms with van der Waals surface area (Å²) >= 11 is 8.82. The number of aliphatic hydroxyl groups is 1. The number of hydrogen-bond acceptors (Lipinski definition) is 6. The number of anilines is 1. The number of thiophene rings is 2. The molecule has 2 heterocycles. The van der Waals surface area contributed by atoms with Crippen LogP contribution in [0.5, 0.6) is 5.75 Å². The van der Waals surface area contributed by atoms with Crippen LogP contribution in [0.15, 0.2) is 84.2 Å². The Morgan fingerprint density at radius 2 is 1.72 bits per heavy atom. The van der Waals surface area contributed by atoms with Crippen molar-refractivity contribution >= 4 is 55.3 Å². The highest BCUT2D eigenvalue weighted by atomic mass is 35.5. The molecule has 8 heteroatoms. The van der Waals surface area contributed by atoms with E-state index in [1.54, 1.807) is 12.1 Å². The molecule has 0 saturated heterocycles. The summed E-state index contributed by atoms with van der Waals surface area (Å²) in [6, 6.07) is 25.0. The third kappa shape index (κ3) is 6.35. The molecule has 0 saturated carbocycles. The molecule has 5 rings (SSSR count). The number of carbonyl (C=O) groups excluding carboxylic acids is 1. The van der Waals surface area contributed by atoms with Crippen molar-refractivity contribution in [2.45, 2.75) is 26.7 Å². The minimum atomic E-state index is -1.21. The standard InChI is InChI=1S/C31H28ClNO4S2/c1-19(2)16-37-31(35)26-24(21-12-14-22(32)15-13-21)18-38-30(26)33-29(34)28-27(23-10-6-7-11-25(23)39-28)36-17-20-8-4-3-5-9-20/h3-15,18-19,31,35H,16-17H2,1-2H3,(H,33,34). The summed E-state index contributed by atoms with van der Waals surface area (Å²) in [7, 11) is 0. The molecular weight excluding hydrogens is 550 g/mol. The monoisotopic (exact) mass is 577 g/mol. The van der Waals surface area contributed by atoms with Gasteiger partial charge < -0.3 is 19.9 Å². The van der Waals surface area contributed by atoms with E-state index in [0.717, 1.165) is 26.8 Å². The first-order chi connectivity index (χ1) is 18.9. The molecule has 1 atom stereocenters. The first-order valence-electron chi connectivity index (χ1n) is 12.6. The van der Waals surface area contributed by atoms with Crippen LogP contribution in [-0.4, -0.2) is 17.6 Å². The Morgan fingerprint density at radius 3 is 2.46 bits per heavy atom. The minimum absolute atomic E-state index is 0.234. The van der Waals surface area contributed by atoms with Gasteiger partial charge in [-0.25, -0.2) is 0 Å². The van der Waals surface area contributed by atoms with Crippen molar-refractivity contribution in [3.63, 3.8) is 0 Å². The minimum Gasteiger partial charge on any atom is -0.487 e. The van der Waals surface area contributed by atoms with E-state index < -0.39 is 6.29 Å². The Bertz CT molecular complexity index is 1560. The number of hydrogen-bond donors (Lipinski definition) is 2. The van der Waals surface area contributed by atoms with E-state index in [1.165, 1.54) is 22.7 Å². The van der Waals surface area contributed by atoms with Gasteiger partial charge in [0.05, 0.1) is 12.2 Å². The van der Waals surface area contributed by atoms with Gasteiger partial charge in [-0.2, -0.15) is 0 Å². The number of fused-ring (bicyclic) bond motifs is 1. The molecule has 0 fully saturated rings. The van der Waals surface area contributed by atoms with E-state index in [4.69, 9.17) is 21.1 Å². The summed E-state index contributed by atoms with van der Waals surface area (Å²) in [5.74, 6) is 0.476. The van der Waals surface area contributed by atoms with Gasteiger partial charge in [0.2, 0.25) is 0 Å². The second kappa shape index (κ2) is 12.3. The number of rotatable bonds is 10. The van der Waals surface area contributed by atoms with Crippen molar-refractivity contribution in [1.82, 2.24) is 0 Å². The third-order valence-corrected chi connectivity index (χ3v) is 8.34. The molecule has 0 aliphatic rings. The van der Waals surface area contributed by atoms with E-state index in [0.29, 0.717) is 39.4 Å². The molecule has 0 radical (unpaired) electrons. The molecule has 2 N–H and O–H groups in total. The fraction of sp³-hybridized carbons (Fsp3) is 0.194. The lowest BCUT2D eigenvalue weighted by atomic mass is 10.0. The summed E-state index contributed by atoms with van der Waals surface area (Å²) in [5.41, 5.74) is 3.18. The van der Waals surface area contributed by atoms with E-state index in [-0.39, 0.29) is 11.8 Å². The number of carbonyl (C=O) groups is 1. The number of aliphatic hydroxyl groups excluding tert-OH is 1. The number of halogens is 1. The molecular formula is C31H28ClNO4S2. The van der Waals surface area contributed by atoms with Crippen molar-refractivity contribution in [2.75, 3.05) is 11.9 Å². The highest BCUT2D eigenvalue weighted by Gasteiger charge is 2.26. The van der Waals surface area contributed by atoms with Crippen LogP contribution in [0.2, 0.25) is 5.02 Å². The Morgan fingerprint density at radius 1 is 1.00 bits per heavy atom. The van der Waals surface area contributed by atoms with Crippen molar-refractivity contribution < 1.29 is 19.4 Å². The molecule has 0 spiro atoms. The Hall–Kier alpha value is -3.20. The highest BCUT2D eigenvalue weighted by Crippen LogP contribution is 2.43. The second-order valence-corrected chi connectivity index (χ2v) is 11.8. The van der Waals surface area contributed by atoms with E-state index in [2.05, 4.69) is 5.32 Å². The van der Waals surface area contributed by atoms with Gasteiger partial charge in [0.1, 0.15) is 16.5 Å². The quantitative estimate of drug-likeness (QED) is 0.163. The SMILES string of the molecule is CC(C)COC(O)c1c(-c2ccc(Cl)cc2)csc1NC(=O)c1sc2ccccc2c1OCc1ccccc1. The second-order valence-electron chi connectivity index (χ2n) is 9.46. The lowest BCUT2D eigenvalue weighted by Crippen LogP contribution is -2.15. The molecule has 0 aliphatic heterocycles. The van der Waals surface area contributed by atoms with Crippen molar-refractivity contribution in [2.24, 2.45) is 5.92 Å². The van der Waals surface area contributed by atoms with Crippen LogP contribution in [0.4, 0.5) is 5.00 Å². The maximum Gasteiger partial charge on any atom is 0.270 e. The molecule has 200 valence electrons. The lowest BCUT2D eigenvalue weighted by Gasteiger charge is -2.17. The highest BCUT2D eigenvalue weighted by molar-refractivity contribution is 7.21. The Kier molecular flexibility index (Phi) is 8.65. The van der Waals surface area contributed by atoms with E-state index in [9.17, 15) is 9.90 Å². The average molecular weight is 578 g/mol. The smallest absolute Gasteiger partial charge is 0.270 e. The predicted octanol–water partition coefficient (Wildman–Crippen LogP) is 8.78. The van der Waals surface area contributed by atoms with Crippen LogP contribution in [0.3, 0.4) is 0 Å². The normalized spacial score (nSPS) is 12.1. The molecule has 2 aromatic heterocycles. The maximum absolute atomic E-state index is 13.7. The maximum atomic E-state index is 13.7. The zero-order valence-electron chi connectivity index (χ0n) is 21.5. The number of benzene rings is 3. The molecule has 3 aromatic carbocycles. The molecule has 0 aliphatic carbocycles. The van der Waals surface area contributed by atoms with Crippen molar-refractivity contribution in [1.29, 1.82) is 0 Å². The van der Waals surface area contributed by atoms with E-state index in [1.807, 2.05) is 86.0 Å². The van der Waals surface area contributed by atoms with E-state index >= 15 is 0 Å². The summed E-state index contributed by atoms with van der Waals surface area (Å²) in [5, 5.41) is 18.1. The Labute approximate surface area is 240 Å². The number of nitrogens with one attached hydrogen (secondary N) is 1. The molecule has 1 amide bonds. The summed E-state index contributed by atoms with van der Waals surface area (Å²) < 4.78 is 13.0. The topological polar surface area (TPSA) is 67.8 Å². The van der Waals surface area contributed by atoms with Gasteiger partial charge in [0.15, 0.2) is 12.0 Å². The molecule has 39 heavy (non-hydrogen) atoms. The van der Waals surface area contributed by atoms with Gasteiger partial charge in [-0.05, 0) is 41.3 Å². The van der Waals surface area contributed by atoms with Crippen LogP contribution in [0.25, 0.3) is 21.2 Å². The largest absolute Gasteiger partial charge is 0.487 e.